The van der Waals surface area contributed by atoms with Gasteiger partial charge in [0.2, 0.25) is 11.8 Å². The summed E-state index contributed by atoms with van der Waals surface area (Å²) in [4.78, 5) is 71.8. The molecule has 4 amide bonds. The van der Waals surface area contributed by atoms with Crippen LogP contribution in [0.3, 0.4) is 0 Å². The standard InChI is InChI=1S/C46H62N8O12/c1-27(61-5)37(51-45(57)63-7)43(55)53-19-9-11-35(53)41-47-25-33(49-41)30-15-13-29(14-16-30)31-17-18-32(40(66-24-22-60-4)39(31)65-23-21-59-3)34-26-48-42(50-34)36-12-10-20-54(36)44(56)38(28(2)62-6)52-46(58)64-8/h13-18,25-28,35-38H,9-12,19-24H2,1-8H3,(H,47,49)(H,48,50)(H,51,57)(H,52,58). The van der Waals surface area contributed by atoms with Crippen molar-refractivity contribution in [3.05, 3.63) is 60.4 Å². The van der Waals surface area contributed by atoms with Crippen LogP contribution >= 0.6 is 0 Å². The average molecular weight is 919 g/mol. The number of H-pyrrole nitrogens is 2. The number of nitrogens with one attached hydrogen (secondary N) is 4. The number of rotatable bonds is 21. The molecule has 20 heteroatoms. The SMILES string of the molecule is COCCOc1c(-c2ccc(-c3cnc(C4CCCN4C(=O)C(NC(=O)OC)C(C)OC)[nH]3)cc2)ccc(-c2cnc(C3CCCN3C(=O)C(NC(=O)OC)C(C)OC)[nH]2)c1OCCOC. The van der Waals surface area contributed by atoms with Gasteiger partial charge in [0.05, 0.1) is 75.5 Å². The third kappa shape index (κ3) is 11.2. The van der Waals surface area contributed by atoms with Crippen LogP contribution in [0.1, 0.15) is 63.3 Å². The maximum absolute atomic E-state index is 13.9. The van der Waals surface area contributed by atoms with Crippen LogP contribution in [0.5, 0.6) is 11.5 Å². The molecule has 0 bridgehead atoms. The van der Waals surface area contributed by atoms with Crippen LogP contribution < -0.4 is 20.1 Å². The molecule has 6 rings (SSSR count). The molecule has 2 aromatic heterocycles. The zero-order chi connectivity index (χ0) is 47.3. The van der Waals surface area contributed by atoms with Crippen molar-refractivity contribution in [3.63, 3.8) is 0 Å². The molecule has 6 unspecified atom stereocenters. The van der Waals surface area contributed by atoms with Crippen LogP contribution in [0.15, 0.2) is 48.8 Å². The Morgan fingerprint density at radius 3 is 1.53 bits per heavy atom. The van der Waals surface area contributed by atoms with Gasteiger partial charge in [-0.05, 0) is 62.8 Å². The molecule has 2 saturated heterocycles. The maximum atomic E-state index is 13.9. The second-order valence-electron chi connectivity index (χ2n) is 15.9. The van der Waals surface area contributed by atoms with Crippen LogP contribution in [0.25, 0.3) is 33.6 Å². The summed E-state index contributed by atoms with van der Waals surface area (Å²) in [6, 6.07) is 9.22. The van der Waals surface area contributed by atoms with Crippen LogP contribution in [-0.4, -0.2) is 160 Å². The van der Waals surface area contributed by atoms with E-state index in [4.69, 9.17) is 47.9 Å². The molecule has 0 saturated carbocycles. The van der Waals surface area contributed by atoms with E-state index < -0.39 is 36.5 Å². The zero-order valence-corrected chi connectivity index (χ0v) is 38.8. The average Bonchev–Trinajstić information content (AvgIpc) is 4.19. The highest BCUT2D eigenvalue weighted by molar-refractivity contribution is 5.88. The van der Waals surface area contributed by atoms with Gasteiger partial charge in [0.1, 0.15) is 36.9 Å². The molecule has 4 N–H and O–H groups in total. The summed E-state index contributed by atoms with van der Waals surface area (Å²) in [6.07, 6.45) is 3.68. The predicted molar refractivity (Wildman–Crippen MR) is 241 cm³/mol. The number of likely N-dealkylation sites (tertiary alicyclic amines) is 2. The maximum Gasteiger partial charge on any atom is 0.407 e. The Kier molecular flexibility index (Phi) is 17.4. The van der Waals surface area contributed by atoms with Gasteiger partial charge in [-0.1, -0.05) is 24.3 Å². The Morgan fingerprint density at radius 1 is 0.621 bits per heavy atom. The van der Waals surface area contributed by atoms with Gasteiger partial charge in [0.15, 0.2) is 11.5 Å². The fourth-order valence-corrected chi connectivity index (χ4v) is 8.26. The van der Waals surface area contributed by atoms with E-state index in [2.05, 4.69) is 20.6 Å². The van der Waals surface area contributed by atoms with Gasteiger partial charge in [-0.25, -0.2) is 19.6 Å². The smallest absolute Gasteiger partial charge is 0.407 e. The van der Waals surface area contributed by atoms with E-state index in [1.165, 1.54) is 28.4 Å². The number of carbonyl (C=O) groups is 4. The van der Waals surface area contributed by atoms with Crippen LogP contribution in [0.4, 0.5) is 9.59 Å². The molecule has 0 radical (unpaired) electrons. The van der Waals surface area contributed by atoms with Crippen molar-refractivity contribution in [1.82, 2.24) is 40.4 Å². The molecule has 66 heavy (non-hydrogen) atoms. The van der Waals surface area contributed by atoms with E-state index in [9.17, 15) is 19.2 Å². The number of nitrogens with zero attached hydrogens (tertiary/aromatic N) is 4. The number of aromatic nitrogens is 4. The molecule has 2 aliphatic heterocycles. The van der Waals surface area contributed by atoms with E-state index in [0.29, 0.717) is 73.6 Å². The third-order valence-electron chi connectivity index (χ3n) is 12.0. The zero-order valence-electron chi connectivity index (χ0n) is 38.8. The highest BCUT2D eigenvalue weighted by Gasteiger charge is 2.40. The van der Waals surface area contributed by atoms with Crippen LogP contribution in [0, 0.1) is 0 Å². The Hall–Kier alpha value is -6.22. The second-order valence-corrected chi connectivity index (χ2v) is 15.9. The lowest BCUT2D eigenvalue weighted by Gasteiger charge is -2.30. The van der Waals surface area contributed by atoms with Crippen molar-refractivity contribution in [1.29, 1.82) is 0 Å². The molecule has 6 atom stereocenters. The van der Waals surface area contributed by atoms with Gasteiger partial charge < -0.3 is 68.3 Å². The molecular formula is C46H62N8O12. The van der Waals surface area contributed by atoms with Crippen molar-refractivity contribution >= 4 is 24.0 Å². The monoisotopic (exact) mass is 918 g/mol. The normalized spacial score (nSPS) is 17.8. The summed E-state index contributed by atoms with van der Waals surface area (Å²) < 4.78 is 44.1. The predicted octanol–water partition coefficient (Wildman–Crippen LogP) is 5.03. The summed E-state index contributed by atoms with van der Waals surface area (Å²) in [5.41, 5.74) is 4.58. The molecule has 2 fully saturated rings. The van der Waals surface area contributed by atoms with E-state index in [-0.39, 0.29) is 37.1 Å². The first-order valence-corrected chi connectivity index (χ1v) is 21.9. The van der Waals surface area contributed by atoms with Gasteiger partial charge in [-0.3, -0.25) is 9.59 Å². The van der Waals surface area contributed by atoms with Gasteiger partial charge in [0.25, 0.3) is 0 Å². The van der Waals surface area contributed by atoms with Gasteiger partial charge >= 0.3 is 12.2 Å². The Morgan fingerprint density at radius 2 is 1.06 bits per heavy atom. The van der Waals surface area contributed by atoms with Crippen molar-refractivity contribution in [2.24, 2.45) is 0 Å². The lowest BCUT2D eigenvalue weighted by atomic mass is 9.98. The molecular weight excluding hydrogens is 857 g/mol. The molecule has 4 aromatic rings. The lowest BCUT2D eigenvalue weighted by molar-refractivity contribution is -0.138. The first-order valence-electron chi connectivity index (χ1n) is 21.9. The highest BCUT2D eigenvalue weighted by atomic mass is 16.6. The first-order chi connectivity index (χ1) is 32.0. The minimum absolute atomic E-state index is 0.227. The molecule has 4 heterocycles. The summed E-state index contributed by atoms with van der Waals surface area (Å²) in [7, 11) is 8.66. The van der Waals surface area contributed by atoms with Crippen molar-refractivity contribution < 1.29 is 57.1 Å². The van der Waals surface area contributed by atoms with Gasteiger partial charge in [0, 0.05) is 52.7 Å². The van der Waals surface area contributed by atoms with Crippen molar-refractivity contribution in [2.45, 2.75) is 75.9 Å². The number of benzene rings is 2. The van der Waals surface area contributed by atoms with Crippen LogP contribution in [0.2, 0.25) is 0 Å². The number of amides is 4. The molecule has 0 spiro atoms. The van der Waals surface area contributed by atoms with E-state index in [1.54, 1.807) is 50.3 Å². The van der Waals surface area contributed by atoms with E-state index in [0.717, 1.165) is 35.2 Å². The van der Waals surface area contributed by atoms with Crippen molar-refractivity contribution in [2.75, 3.05) is 82.2 Å². The summed E-state index contributed by atoms with van der Waals surface area (Å²) in [5, 5.41) is 5.25. The number of methoxy groups -OCH3 is 6. The molecule has 2 aliphatic rings. The molecule has 0 aliphatic carbocycles. The Labute approximate surface area is 384 Å². The number of hydrogen-bond acceptors (Lipinski definition) is 14. The molecule has 20 nitrogen and oxygen atoms in total. The van der Waals surface area contributed by atoms with E-state index >= 15 is 0 Å². The number of hydrogen-bond donors (Lipinski definition) is 4. The minimum Gasteiger partial charge on any atom is -0.487 e. The third-order valence-corrected chi connectivity index (χ3v) is 12.0. The number of alkyl carbamates (subject to hydrolysis) is 2. The largest absolute Gasteiger partial charge is 0.487 e. The molecule has 358 valence electrons. The topological polar surface area (TPSA) is 230 Å². The summed E-state index contributed by atoms with van der Waals surface area (Å²) in [5.74, 6) is 1.59. The number of imidazole rings is 2. The quantitative estimate of drug-likeness (QED) is 0.0804. The van der Waals surface area contributed by atoms with E-state index in [1.807, 2.05) is 36.4 Å². The fraction of sp³-hybridized carbons (Fsp3) is 0.522. The van der Waals surface area contributed by atoms with Crippen LogP contribution in [-0.2, 0) is 38.0 Å². The first kappa shape index (κ1) is 49.2. The Bertz CT molecular complexity index is 2250. The number of carbonyl (C=O) groups excluding carboxylic acids is 4. The second kappa shape index (κ2) is 23.3. The van der Waals surface area contributed by atoms with Gasteiger partial charge in [-0.2, -0.15) is 0 Å². The van der Waals surface area contributed by atoms with Crippen molar-refractivity contribution in [3.8, 4) is 45.1 Å². The fourth-order valence-electron chi connectivity index (χ4n) is 8.26. The molecule has 2 aromatic carbocycles. The summed E-state index contributed by atoms with van der Waals surface area (Å²) in [6.45, 7) is 5.52. The Balaban J connectivity index is 1.28. The number of aromatic amines is 2. The van der Waals surface area contributed by atoms with Gasteiger partial charge in [-0.15, -0.1) is 0 Å². The number of ether oxygens (including phenoxy) is 8. The lowest BCUT2D eigenvalue weighted by Crippen LogP contribution is -2.54. The minimum atomic E-state index is -0.966. The highest BCUT2D eigenvalue weighted by Crippen LogP contribution is 2.46. The summed E-state index contributed by atoms with van der Waals surface area (Å²) >= 11 is 0.